The Morgan fingerprint density at radius 1 is 1.23 bits per heavy atom. The molecule has 0 saturated carbocycles. The van der Waals surface area contributed by atoms with Crippen LogP contribution in [0, 0.1) is 0 Å². The van der Waals surface area contributed by atoms with E-state index in [0.29, 0.717) is 11.2 Å². The summed E-state index contributed by atoms with van der Waals surface area (Å²) in [6.45, 7) is 2.04. The Bertz CT molecular complexity index is 619. The predicted molar refractivity (Wildman–Crippen MR) is 91.9 cm³/mol. The summed E-state index contributed by atoms with van der Waals surface area (Å²) in [7, 11) is 1.83. The van der Waals surface area contributed by atoms with Crippen molar-refractivity contribution in [3.8, 4) is 0 Å². The maximum Gasteiger partial charge on any atom is 0.157 e. The van der Waals surface area contributed by atoms with Gasteiger partial charge in [-0.2, -0.15) is 0 Å². The lowest BCUT2D eigenvalue weighted by Gasteiger charge is -2.35. The number of anilines is 3. The molecule has 5 nitrogen and oxygen atoms in total. The van der Waals surface area contributed by atoms with Crippen molar-refractivity contribution in [2.45, 2.75) is 18.9 Å². The highest BCUT2D eigenvalue weighted by atomic mass is 35.5. The van der Waals surface area contributed by atoms with Crippen LogP contribution in [0.3, 0.4) is 0 Å². The Kier molecular flexibility index (Phi) is 4.63. The van der Waals surface area contributed by atoms with Gasteiger partial charge >= 0.3 is 0 Å². The molecule has 0 aliphatic carbocycles. The number of halogens is 1. The van der Waals surface area contributed by atoms with Crippen LogP contribution in [0.1, 0.15) is 12.8 Å². The molecule has 1 aliphatic rings. The second kappa shape index (κ2) is 6.83. The fourth-order valence-electron chi connectivity index (χ4n) is 2.86. The average molecular weight is 318 g/mol. The molecule has 0 radical (unpaired) electrons. The first kappa shape index (κ1) is 14.9. The molecule has 1 fully saturated rings. The standard InChI is InChI=1S/C16H20ClN5/c1-18-14-15(17)19-11-20-16(14)21-12-6-5-9-22(10-12)13-7-3-2-4-8-13/h2-4,7-8,11-12,18H,5-6,9-10H2,1H3,(H,19,20,21). The molecule has 3 rings (SSSR count). The summed E-state index contributed by atoms with van der Waals surface area (Å²) in [5.41, 5.74) is 2.02. The lowest BCUT2D eigenvalue weighted by atomic mass is 10.0. The third-order valence-electron chi connectivity index (χ3n) is 3.93. The van der Waals surface area contributed by atoms with Gasteiger partial charge in [0.1, 0.15) is 12.0 Å². The van der Waals surface area contributed by atoms with E-state index in [1.165, 1.54) is 12.0 Å². The van der Waals surface area contributed by atoms with Crippen LogP contribution in [0.5, 0.6) is 0 Å². The van der Waals surface area contributed by atoms with Crippen LogP contribution in [-0.4, -0.2) is 36.1 Å². The van der Waals surface area contributed by atoms with Gasteiger partial charge in [-0.1, -0.05) is 29.8 Å². The minimum Gasteiger partial charge on any atom is -0.383 e. The molecule has 1 saturated heterocycles. The van der Waals surface area contributed by atoms with Crippen LogP contribution in [0.25, 0.3) is 0 Å². The van der Waals surface area contributed by atoms with E-state index in [9.17, 15) is 0 Å². The Balaban J connectivity index is 1.72. The highest BCUT2D eigenvalue weighted by molar-refractivity contribution is 6.32. The first-order chi connectivity index (χ1) is 10.8. The first-order valence-corrected chi connectivity index (χ1v) is 7.90. The normalized spacial score (nSPS) is 18.1. The summed E-state index contributed by atoms with van der Waals surface area (Å²) in [6, 6.07) is 10.9. The zero-order valence-electron chi connectivity index (χ0n) is 12.6. The maximum absolute atomic E-state index is 6.11. The monoisotopic (exact) mass is 317 g/mol. The number of para-hydroxylation sites is 1. The molecule has 6 heteroatoms. The van der Waals surface area contributed by atoms with Gasteiger partial charge < -0.3 is 15.5 Å². The largest absolute Gasteiger partial charge is 0.383 e. The highest BCUT2D eigenvalue weighted by Gasteiger charge is 2.21. The summed E-state index contributed by atoms with van der Waals surface area (Å²) in [4.78, 5) is 10.7. The fourth-order valence-corrected chi connectivity index (χ4v) is 3.08. The van der Waals surface area contributed by atoms with Crippen LogP contribution in [0.15, 0.2) is 36.7 Å². The predicted octanol–water partition coefficient (Wildman–Crippen LogP) is 3.25. The number of piperidine rings is 1. The molecule has 2 aromatic rings. The molecule has 1 aliphatic heterocycles. The number of nitrogens with one attached hydrogen (secondary N) is 2. The summed E-state index contributed by atoms with van der Waals surface area (Å²) < 4.78 is 0. The lowest BCUT2D eigenvalue weighted by molar-refractivity contribution is 0.529. The molecular weight excluding hydrogens is 298 g/mol. The Labute approximate surface area is 135 Å². The quantitative estimate of drug-likeness (QED) is 0.848. The van der Waals surface area contributed by atoms with Crippen molar-refractivity contribution in [1.29, 1.82) is 0 Å². The van der Waals surface area contributed by atoms with E-state index in [1.807, 2.05) is 13.1 Å². The van der Waals surface area contributed by atoms with Crippen LogP contribution in [0.2, 0.25) is 5.15 Å². The molecule has 1 aromatic heterocycles. The van der Waals surface area contributed by atoms with Crippen LogP contribution in [0.4, 0.5) is 17.2 Å². The Hall–Kier alpha value is -2.01. The van der Waals surface area contributed by atoms with E-state index in [0.717, 1.165) is 37.4 Å². The molecule has 0 spiro atoms. The molecular formula is C16H20ClN5. The smallest absolute Gasteiger partial charge is 0.157 e. The van der Waals surface area contributed by atoms with Gasteiger partial charge in [0.25, 0.3) is 0 Å². The van der Waals surface area contributed by atoms with Gasteiger partial charge in [-0.05, 0) is 25.0 Å². The molecule has 0 bridgehead atoms. The van der Waals surface area contributed by atoms with Crippen molar-refractivity contribution in [1.82, 2.24) is 9.97 Å². The maximum atomic E-state index is 6.11. The molecule has 2 N–H and O–H groups in total. The Morgan fingerprint density at radius 3 is 2.82 bits per heavy atom. The van der Waals surface area contributed by atoms with Crippen molar-refractivity contribution >= 4 is 28.8 Å². The van der Waals surface area contributed by atoms with Gasteiger partial charge in [-0.3, -0.25) is 0 Å². The fraction of sp³-hybridized carbons (Fsp3) is 0.375. The number of aromatic nitrogens is 2. The van der Waals surface area contributed by atoms with Crippen LogP contribution in [-0.2, 0) is 0 Å². The molecule has 1 unspecified atom stereocenters. The topological polar surface area (TPSA) is 53.1 Å². The van der Waals surface area contributed by atoms with Gasteiger partial charge in [-0.25, -0.2) is 9.97 Å². The molecule has 1 aromatic carbocycles. The third-order valence-corrected chi connectivity index (χ3v) is 4.22. The molecule has 1 atom stereocenters. The Morgan fingerprint density at radius 2 is 2.05 bits per heavy atom. The van der Waals surface area contributed by atoms with Crippen molar-refractivity contribution in [3.63, 3.8) is 0 Å². The van der Waals surface area contributed by atoms with E-state index in [1.54, 1.807) is 0 Å². The van der Waals surface area contributed by atoms with E-state index in [2.05, 4.69) is 49.8 Å². The number of benzene rings is 1. The highest BCUT2D eigenvalue weighted by Crippen LogP contribution is 2.28. The van der Waals surface area contributed by atoms with E-state index in [4.69, 9.17) is 11.6 Å². The van der Waals surface area contributed by atoms with Gasteiger partial charge in [-0.15, -0.1) is 0 Å². The van der Waals surface area contributed by atoms with E-state index < -0.39 is 0 Å². The average Bonchev–Trinajstić information content (AvgIpc) is 2.56. The number of nitrogens with zero attached hydrogens (tertiary/aromatic N) is 3. The summed E-state index contributed by atoms with van der Waals surface area (Å²) in [5.74, 6) is 0.766. The minimum absolute atomic E-state index is 0.340. The number of hydrogen-bond acceptors (Lipinski definition) is 5. The summed E-state index contributed by atoms with van der Waals surface area (Å²) >= 11 is 6.11. The molecule has 0 amide bonds. The van der Waals surface area contributed by atoms with Gasteiger partial charge in [0, 0.05) is 31.9 Å². The number of rotatable bonds is 4. The zero-order chi connectivity index (χ0) is 15.4. The van der Waals surface area contributed by atoms with Crippen molar-refractivity contribution in [3.05, 3.63) is 41.8 Å². The molecule has 2 heterocycles. The zero-order valence-corrected chi connectivity index (χ0v) is 13.3. The van der Waals surface area contributed by atoms with Gasteiger partial charge in [0.15, 0.2) is 11.0 Å². The molecule has 116 valence electrons. The lowest BCUT2D eigenvalue weighted by Crippen LogP contribution is -2.42. The van der Waals surface area contributed by atoms with Gasteiger partial charge in [0.2, 0.25) is 0 Å². The van der Waals surface area contributed by atoms with Crippen molar-refractivity contribution in [2.24, 2.45) is 0 Å². The van der Waals surface area contributed by atoms with Crippen molar-refractivity contribution < 1.29 is 0 Å². The van der Waals surface area contributed by atoms with Crippen LogP contribution < -0.4 is 15.5 Å². The first-order valence-electron chi connectivity index (χ1n) is 7.52. The SMILES string of the molecule is CNc1c(Cl)ncnc1NC1CCCN(c2ccccc2)C1. The summed E-state index contributed by atoms with van der Waals surface area (Å²) in [5, 5.41) is 7.00. The van der Waals surface area contributed by atoms with E-state index in [-0.39, 0.29) is 0 Å². The van der Waals surface area contributed by atoms with E-state index >= 15 is 0 Å². The summed E-state index contributed by atoms with van der Waals surface area (Å²) in [6.07, 6.45) is 3.76. The van der Waals surface area contributed by atoms with Crippen molar-refractivity contribution in [2.75, 3.05) is 35.7 Å². The second-order valence-electron chi connectivity index (χ2n) is 5.40. The third kappa shape index (κ3) is 3.25. The minimum atomic E-state index is 0.340. The second-order valence-corrected chi connectivity index (χ2v) is 5.76. The van der Waals surface area contributed by atoms with Crippen LogP contribution >= 0.6 is 11.6 Å². The van der Waals surface area contributed by atoms with Gasteiger partial charge in [0.05, 0.1) is 0 Å². The molecule has 22 heavy (non-hydrogen) atoms. The number of hydrogen-bond donors (Lipinski definition) is 2.